The summed E-state index contributed by atoms with van der Waals surface area (Å²) in [6, 6.07) is 9.26. The maximum absolute atomic E-state index is 11.7. The Hall–Kier alpha value is -2.50. The topological polar surface area (TPSA) is 80.4 Å². The maximum atomic E-state index is 11.7. The van der Waals surface area contributed by atoms with Gasteiger partial charge in [-0.3, -0.25) is 4.79 Å². The number of amides is 1. The van der Waals surface area contributed by atoms with Crippen LogP contribution in [0.3, 0.4) is 0 Å². The van der Waals surface area contributed by atoms with Crippen molar-refractivity contribution in [3.8, 4) is 11.5 Å². The Labute approximate surface area is 116 Å². The second kappa shape index (κ2) is 6.60. The molecule has 1 heterocycles. The first-order valence-electron chi connectivity index (χ1n) is 6.37. The molecule has 0 spiro atoms. The fourth-order valence-corrected chi connectivity index (χ4v) is 1.43. The quantitative estimate of drug-likeness (QED) is 0.669. The van der Waals surface area contributed by atoms with E-state index in [1.54, 1.807) is 6.21 Å². The zero-order valence-corrected chi connectivity index (χ0v) is 11.4. The number of nitrogens with one attached hydrogen (secondary N) is 1. The number of rotatable bonds is 5. The highest BCUT2D eigenvalue weighted by molar-refractivity contribution is 5.89. The summed E-state index contributed by atoms with van der Waals surface area (Å²) in [6.45, 7) is 4.13. The van der Waals surface area contributed by atoms with Gasteiger partial charge in [0.2, 0.25) is 5.89 Å². The van der Waals surface area contributed by atoms with Crippen LogP contribution in [0, 0.1) is 5.92 Å². The van der Waals surface area contributed by atoms with E-state index in [-0.39, 0.29) is 5.89 Å². The Balaban J connectivity index is 1.98. The highest BCUT2D eigenvalue weighted by atomic mass is 16.4. The highest BCUT2D eigenvalue weighted by Crippen LogP contribution is 2.16. The summed E-state index contributed by atoms with van der Waals surface area (Å²) < 4.78 is 5.30. The Morgan fingerprint density at radius 1 is 1.35 bits per heavy atom. The maximum Gasteiger partial charge on any atom is 0.328 e. The van der Waals surface area contributed by atoms with Gasteiger partial charge < -0.3 is 4.42 Å². The van der Waals surface area contributed by atoms with Gasteiger partial charge in [0.25, 0.3) is 0 Å². The zero-order valence-electron chi connectivity index (χ0n) is 11.4. The molecule has 0 saturated carbocycles. The summed E-state index contributed by atoms with van der Waals surface area (Å²) in [5.41, 5.74) is 3.12. The Morgan fingerprint density at radius 3 is 2.80 bits per heavy atom. The van der Waals surface area contributed by atoms with Crippen LogP contribution in [0.5, 0.6) is 0 Å². The van der Waals surface area contributed by atoms with Gasteiger partial charge in [-0.05, 0) is 24.5 Å². The predicted octanol–water partition coefficient (Wildman–Crippen LogP) is 2.50. The minimum Gasteiger partial charge on any atom is -0.412 e. The Bertz CT molecular complexity index is 590. The molecule has 0 aliphatic heterocycles. The van der Waals surface area contributed by atoms with Gasteiger partial charge in [-0.15, -0.1) is 10.2 Å². The molecule has 6 heteroatoms. The fourth-order valence-electron chi connectivity index (χ4n) is 1.43. The molecule has 0 bridgehead atoms. The van der Waals surface area contributed by atoms with Gasteiger partial charge in [0.15, 0.2) is 0 Å². The van der Waals surface area contributed by atoms with Gasteiger partial charge in [0, 0.05) is 11.8 Å². The third-order valence-corrected chi connectivity index (χ3v) is 2.47. The molecule has 1 amide bonds. The van der Waals surface area contributed by atoms with Crippen LogP contribution in [0.2, 0.25) is 0 Å². The molecule has 0 aliphatic rings. The van der Waals surface area contributed by atoms with Crippen molar-refractivity contribution >= 4 is 12.1 Å². The van der Waals surface area contributed by atoms with Crippen LogP contribution in [0.15, 0.2) is 39.9 Å². The molecule has 1 aromatic carbocycles. The van der Waals surface area contributed by atoms with E-state index in [9.17, 15) is 4.79 Å². The van der Waals surface area contributed by atoms with Gasteiger partial charge in [-0.25, -0.2) is 5.43 Å². The molecule has 104 valence electrons. The molecule has 0 unspecified atom stereocenters. The number of nitrogens with zero attached hydrogens (tertiary/aromatic N) is 3. The molecular weight excluding hydrogens is 256 g/mol. The van der Waals surface area contributed by atoms with Crippen molar-refractivity contribution in [1.29, 1.82) is 0 Å². The number of aromatic nitrogens is 2. The lowest BCUT2D eigenvalue weighted by molar-refractivity contribution is 0.0921. The summed E-state index contributed by atoms with van der Waals surface area (Å²) in [7, 11) is 0. The van der Waals surface area contributed by atoms with E-state index >= 15 is 0 Å². The van der Waals surface area contributed by atoms with Crippen molar-refractivity contribution in [2.75, 3.05) is 0 Å². The highest BCUT2D eigenvalue weighted by Gasteiger charge is 2.14. The van der Waals surface area contributed by atoms with Gasteiger partial charge in [0.05, 0.1) is 0 Å². The van der Waals surface area contributed by atoms with Crippen molar-refractivity contribution in [2.45, 2.75) is 20.3 Å². The van der Waals surface area contributed by atoms with Crippen molar-refractivity contribution in [2.24, 2.45) is 11.0 Å². The third-order valence-electron chi connectivity index (χ3n) is 2.47. The van der Waals surface area contributed by atoms with E-state index in [0.29, 0.717) is 11.8 Å². The first-order valence-corrected chi connectivity index (χ1v) is 6.37. The molecular formula is C14H16N4O2. The second-order valence-electron chi connectivity index (χ2n) is 4.66. The monoisotopic (exact) mass is 272 g/mol. The number of carbonyl (C=O) groups excluding carboxylic acids is 1. The Morgan fingerprint density at radius 2 is 2.10 bits per heavy atom. The van der Waals surface area contributed by atoms with Crippen LogP contribution in [0.4, 0.5) is 0 Å². The summed E-state index contributed by atoms with van der Waals surface area (Å²) in [6.07, 6.45) is 2.44. The van der Waals surface area contributed by atoms with Crippen LogP contribution >= 0.6 is 0 Å². The number of hydrogen-bond donors (Lipinski definition) is 1. The lowest BCUT2D eigenvalue weighted by Gasteiger charge is -1.96. The number of hydrogen-bond acceptors (Lipinski definition) is 5. The summed E-state index contributed by atoms with van der Waals surface area (Å²) >= 11 is 0. The van der Waals surface area contributed by atoms with Crippen molar-refractivity contribution in [1.82, 2.24) is 15.6 Å². The van der Waals surface area contributed by atoms with E-state index < -0.39 is 5.91 Å². The molecule has 20 heavy (non-hydrogen) atoms. The normalized spacial score (nSPS) is 11.2. The molecule has 1 N–H and O–H groups in total. The van der Waals surface area contributed by atoms with Gasteiger partial charge >= 0.3 is 11.8 Å². The number of carbonyl (C=O) groups is 1. The van der Waals surface area contributed by atoms with Crippen molar-refractivity contribution in [3.05, 3.63) is 36.2 Å². The van der Waals surface area contributed by atoms with Crippen molar-refractivity contribution < 1.29 is 9.21 Å². The molecule has 0 fully saturated rings. The standard InChI is InChI=1S/C14H16N4O2/c1-10(2)8-9-15-16-12(19)14-18-17-13(20-14)11-6-4-3-5-7-11/h3-7,9-10H,8H2,1-2H3,(H,16,19)/b15-9+. The molecule has 0 atom stereocenters. The largest absolute Gasteiger partial charge is 0.412 e. The molecule has 0 aliphatic carbocycles. The smallest absolute Gasteiger partial charge is 0.328 e. The molecule has 1 aromatic heterocycles. The molecule has 2 aromatic rings. The minimum absolute atomic E-state index is 0.106. The Kier molecular flexibility index (Phi) is 4.60. The summed E-state index contributed by atoms with van der Waals surface area (Å²) in [4.78, 5) is 11.7. The van der Waals surface area contributed by atoms with Gasteiger partial charge in [0.1, 0.15) is 0 Å². The number of benzene rings is 1. The van der Waals surface area contributed by atoms with E-state index in [4.69, 9.17) is 4.42 Å². The van der Waals surface area contributed by atoms with Crippen LogP contribution in [0.1, 0.15) is 31.0 Å². The van der Waals surface area contributed by atoms with Gasteiger partial charge in [-0.1, -0.05) is 32.0 Å². The number of hydrazone groups is 1. The van der Waals surface area contributed by atoms with Crippen LogP contribution in [0.25, 0.3) is 11.5 Å². The van der Waals surface area contributed by atoms with Crippen molar-refractivity contribution in [3.63, 3.8) is 0 Å². The van der Waals surface area contributed by atoms with E-state index in [0.717, 1.165) is 12.0 Å². The first-order chi connectivity index (χ1) is 9.66. The zero-order chi connectivity index (χ0) is 14.4. The third kappa shape index (κ3) is 3.74. The van der Waals surface area contributed by atoms with E-state index in [1.807, 2.05) is 30.3 Å². The fraction of sp³-hybridized carbons (Fsp3) is 0.286. The van der Waals surface area contributed by atoms with E-state index in [1.165, 1.54) is 0 Å². The van der Waals surface area contributed by atoms with E-state index in [2.05, 4.69) is 34.6 Å². The lowest BCUT2D eigenvalue weighted by Crippen LogP contribution is -2.18. The molecule has 0 radical (unpaired) electrons. The summed E-state index contributed by atoms with van der Waals surface area (Å²) in [5.74, 6) is 0.177. The molecule has 0 saturated heterocycles. The van der Waals surface area contributed by atoms with Crippen LogP contribution in [-0.4, -0.2) is 22.3 Å². The predicted molar refractivity (Wildman–Crippen MR) is 75.1 cm³/mol. The first kappa shape index (κ1) is 13.9. The van der Waals surface area contributed by atoms with Gasteiger partial charge in [-0.2, -0.15) is 5.10 Å². The molecule has 6 nitrogen and oxygen atoms in total. The lowest BCUT2D eigenvalue weighted by atomic mass is 10.2. The average molecular weight is 272 g/mol. The van der Waals surface area contributed by atoms with Crippen LogP contribution in [-0.2, 0) is 0 Å². The second-order valence-corrected chi connectivity index (χ2v) is 4.66. The average Bonchev–Trinajstić information content (AvgIpc) is 2.94. The summed E-state index contributed by atoms with van der Waals surface area (Å²) in [5, 5.41) is 11.4. The SMILES string of the molecule is CC(C)C/C=N/NC(=O)c1nnc(-c2ccccc2)o1. The molecule has 2 rings (SSSR count). The minimum atomic E-state index is -0.514. The van der Waals surface area contributed by atoms with Crippen LogP contribution < -0.4 is 5.43 Å².